The molecule has 3 N–H and O–H groups in total. The Morgan fingerprint density at radius 3 is 2.16 bits per heavy atom. The summed E-state index contributed by atoms with van der Waals surface area (Å²) in [6.07, 6.45) is 5.45. The third-order valence-electron chi connectivity index (χ3n) is 3.44. The second kappa shape index (κ2) is 6.76. The van der Waals surface area contributed by atoms with Crippen molar-refractivity contribution in [2.45, 2.75) is 50.6 Å². The lowest BCUT2D eigenvalue weighted by molar-refractivity contribution is -0.579. The number of hydrogen-bond acceptors (Lipinski definition) is 6. The van der Waals surface area contributed by atoms with E-state index >= 15 is 0 Å². The van der Waals surface area contributed by atoms with Crippen molar-refractivity contribution in [3.63, 3.8) is 0 Å². The molecule has 9 heteroatoms. The topological polar surface area (TPSA) is 125 Å². The van der Waals surface area contributed by atoms with E-state index in [1.54, 1.807) is 6.92 Å². The molecule has 1 saturated carbocycles. The Balaban J connectivity index is 0.000000250. The molecule has 8 nitrogen and oxygen atoms in total. The Morgan fingerprint density at radius 2 is 1.89 bits per heavy atom. The van der Waals surface area contributed by atoms with Crippen molar-refractivity contribution in [3.05, 3.63) is 10.1 Å². The summed E-state index contributed by atoms with van der Waals surface area (Å²) in [7, 11) is -4.02. The average Bonchev–Trinajstić information content (AvgIpc) is 2.81. The summed E-state index contributed by atoms with van der Waals surface area (Å²) in [4.78, 5) is 18.8. The van der Waals surface area contributed by atoms with Crippen LogP contribution in [0.5, 0.6) is 0 Å². The molecule has 1 heterocycles. The number of phosphoric ester groups is 1. The zero-order valence-corrected chi connectivity index (χ0v) is 11.9. The van der Waals surface area contributed by atoms with Crippen LogP contribution < -0.4 is 5.73 Å². The molecule has 1 aliphatic carbocycles. The highest BCUT2D eigenvalue weighted by Crippen LogP contribution is 2.48. The van der Waals surface area contributed by atoms with Crippen molar-refractivity contribution in [1.29, 1.82) is 0 Å². The minimum Gasteiger partial charge on any atom is -0.328 e. The maximum atomic E-state index is 10.7. The van der Waals surface area contributed by atoms with Crippen LogP contribution in [0.3, 0.4) is 0 Å². The normalized spacial score (nSPS) is 35.5. The third-order valence-corrected chi connectivity index (χ3v) is 4.35. The van der Waals surface area contributed by atoms with E-state index in [9.17, 15) is 14.7 Å². The predicted molar refractivity (Wildman–Crippen MR) is 68.2 cm³/mol. The van der Waals surface area contributed by atoms with E-state index in [1.165, 1.54) is 25.7 Å². The van der Waals surface area contributed by atoms with Gasteiger partial charge in [0.15, 0.2) is 0 Å². The first-order valence-electron chi connectivity index (χ1n) is 6.33. The Hall–Kier alpha value is -0.530. The predicted octanol–water partition coefficient (Wildman–Crippen LogP) is 1.45. The van der Waals surface area contributed by atoms with Gasteiger partial charge in [0, 0.05) is 17.4 Å². The van der Waals surface area contributed by atoms with Gasteiger partial charge in [-0.05, 0) is 12.8 Å². The number of hydrogen-bond donors (Lipinski definition) is 2. The van der Waals surface area contributed by atoms with E-state index in [0.717, 1.165) is 0 Å². The molecule has 2 rings (SSSR count). The van der Waals surface area contributed by atoms with E-state index in [0.29, 0.717) is 6.04 Å². The van der Waals surface area contributed by atoms with Gasteiger partial charge in [0.1, 0.15) is 13.2 Å². The Morgan fingerprint density at radius 1 is 1.42 bits per heavy atom. The zero-order chi connectivity index (χ0) is 14.5. The molecule has 0 aromatic heterocycles. The van der Waals surface area contributed by atoms with Gasteiger partial charge in [0.25, 0.3) is 5.54 Å². The van der Waals surface area contributed by atoms with Crippen LogP contribution in [-0.4, -0.2) is 34.6 Å². The molecule has 2 fully saturated rings. The highest BCUT2D eigenvalue weighted by molar-refractivity contribution is 7.47. The average molecular weight is 296 g/mol. The van der Waals surface area contributed by atoms with Gasteiger partial charge in [0.2, 0.25) is 0 Å². The van der Waals surface area contributed by atoms with Crippen molar-refractivity contribution >= 4 is 7.82 Å². The summed E-state index contributed by atoms with van der Waals surface area (Å²) < 4.78 is 19.5. The third kappa shape index (κ3) is 4.81. The number of phosphoric acid groups is 1. The van der Waals surface area contributed by atoms with Crippen LogP contribution in [0.4, 0.5) is 0 Å². The van der Waals surface area contributed by atoms with Crippen LogP contribution in [0.25, 0.3) is 0 Å². The highest BCUT2D eigenvalue weighted by atomic mass is 31.2. The maximum Gasteiger partial charge on any atom is 0.472 e. The first-order chi connectivity index (χ1) is 8.81. The van der Waals surface area contributed by atoms with Crippen LogP contribution in [0.1, 0.15) is 39.0 Å². The molecular formula is C10H21N2O6P. The molecule has 19 heavy (non-hydrogen) atoms. The Labute approximate surface area is 112 Å². The van der Waals surface area contributed by atoms with E-state index < -0.39 is 18.3 Å². The molecule has 0 atom stereocenters. The lowest BCUT2D eigenvalue weighted by Gasteiger charge is -2.29. The molecule has 1 saturated heterocycles. The smallest absolute Gasteiger partial charge is 0.328 e. The molecule has 112 valence electrons. The van der Waals surface area contributed by atoms with Crippen molar-refractivity contribution in [1.82, 2.24) is 0 Å². The summed E-state index contributed by atoms with van der Waals surface area (Å²) in [6, 6.07) is 0.546. The van der Waals surface area contributed by atoms with Crippen LogP contribution in [-0.2, 0) is 13.6 Å². The van der Waals surface area contributed by atoms with Crippen molar-refractivity contribution in [2.24, 2.45) is 5.73 Å². The van der Waals surface area contributed by atoms with Crippen molar-refractivity contribution < 1.29 is 23.4 Å². The zero-order valence-electron chi connectivity index (χ0n) is 11.0. The van der Waals surface area contributed by atoms with Gasteiger partial charge in [-0.1, -0.05) is 19.8 Å². The first-order valence-corrected chi connectivity index (χ1v) is 7.83. The quantitative estimate of drug-likeness (QED) is 0.448. The van der Waals surface area contributed by atoms with Gasteiger partial charge in [-0.25, -0.2) is 4.57 Å². The molecule has 0 unspecified atom stereocenters. The van der Waals surface area contributed by atoms with Gasteiger partial charge in [-0.2, -0.15) is 0 Å². The molecule has 0 radical (unpaired) electrons. The number of nitrogens with two attached hydrogens (primary N) is 1. The number of nitrogens with zero attached hydrogens (tertiary/aromatic N) is 1. The molecular weight excluding hydrogens is 275 g/mol. The van der Waals surface area contributed by atoms with Gasteiger partial charge in [-0.3, -0.25) is 19.2 Å². The summed E-state index contributed by atoms with van der Waals surface area (Å²) in [5.41, 5.74) is 4.16. The van der Waals surface area contributed by atoms with Crippen LogP contribution >= 0.6 is 7.82 Å². The van der Waals surface area contributed by atoms with Crippen LogP contribution in [0, 0.1) is 10.1 Å². The van der Waals surface area contributed by atoms with Crippen LogP contribution in [0.2, 0.25) is 0 Å². The summed E-state index contributed by atoms with van der Waals surface area (Å²) in [5.74, 6) is 0. The fourth-order valence-electron chi connectivity index (χ4n) is 1.88. The fraction of sp³-hybridized carbons (Fsp3) is 1.00. The van der Waals surface area contributed by atoms with E-state index in [-0.39, 0.29) is 19.6 Å². The van der Waals surface area contributed by atoms with Gasteiger partial charge < -0.3 is 10.6 Å². The largest absolute Gasteiger partial charge is 0.472 e. The highest BCUT2D eigenvalue weighted by Gasteiger charge is 2.49. The number of rotatable bonds is 2. The van der Waals surface area contributed by atoms with Gasteiger partial charge in [-0.15, -0.1) is 0 Å². The molecule has 0 bridgehead atoms. The van der Waals surface area contributed by atoms with Crippen molar-refractivity contribution in [2.75, 3.05) is 13.2 Å². The van der Waals surface area contributed by atoms with Crippen LogP contribution in [0.15, 0.2) is 0 Å². The molecule has 0 aromatic carbocycles. The maximum absolute atomic E-state index is 10.7. The van der Waals surface area contributed by atoms with Gasteiger partial charge >= 0.3 is 7.82 Å². The molecule has 0 spiro atoms. The molecule has 1 aliphatic heterocycles. The van der Waals surface area contributed by atoms with E-state index in [4.69, 9.17) is 10.6 Å². The lowest BCUT2D eigenvalue weighted by atomic mass is 10.0. The van der Waals surface area contributed by atoms with Gasteiger partial charge in [0.05, 0.1) is 0 Å². The monoisotopic (exact) mass is 296 g/mol. The SMILES string of the molecule is CCC1([N+](=O)[O-])COP(=O)(O)OC1.NC1CCCC1. The minimum absolute atomic E-state index is 0.194. The molecule has 0 aromatic rings. The summed E-state index contributed by atoms with van der Waals surface area (Å²) >= 11 is 0. The number of nitro groups is 1. The van der Waals surface area contributed by atoms with Crippen molar-refractivity contribution in [3.8, 4) is 0 Å². The first kappa shape index (κ1) is 16.5. The molecule has 2 aliphatic rings. The minimum atomic E-state index is -4.02. The summed E-state index contributed by atoms with van der Waals surface area (Å²) in [5, 5.41) is 10.6. The van der Waals surface area contributed by atoms with E-state index in [2.05, 4.69) is 9.05 Å². The standard InChI is InChI=1S/C5H10NO6P.C5H11N/c1-2-5(6(7)8)3-11-13(9,10)12-4-5;6-5-3-1-2-4-5/h2-4H2,1H3,(H,9,10);5H,1-4,6H2. The second-order valence-electron chi connectivity index (χ2n) is 4.89. The lowest BCUT2D eigenvalue weighted by Crippen LogP contribution is -2.48. The fourth-order valence-corrected chi connectivity index (χ4v) is 2.76. The van der Waals surface area contributed by atoms with E-state index in [1.807, 2.05) is 0 Å². The Kier molecular flexibility index (Phi) is 5.88. The second-order valence-corrected chi connectivity index (χ2v) is 6.35. The molecule has 0 amide bonds. The summed E-state index contributed by atoms with van der Waals surface area (Å²) in [6.45, 7) is 0.831. The Bertz CT molecular complexity index is 346.